The zero-order chi connectivity index (χ0) is 17.3. The van der Waals surface area contributed by atoms with Crippen LogP contribution in [0.2, 0.25) is 0 Å². The van der Waals surface area contributed by atoms with Crippen LogP contribution < -0.4 is 0 Å². The highest BCUT2D eigenvalue weighted by Crippen LogP contribution is 2.41. The lowest BCUT2D eigenvalue weighted by molar-refractivity contribution is -0.170. The number of hydrogen-bond donors (Lipinski definition) is 0. The molecule has 1 aromatic rings. The number of carbonyl (C=O) groups excluding carboxylic acids is 3. The van der Waals surface area contributed by atoms with E-state index in [0.29, 0.717) is 6.42 Å². The Bertz CT molecular complexity index is 697. The third-order valence-corrected chi connectivity index (χ3v) is 4.36. The molecule has 0 saturated carbocycles. The average molecular weight is 329 g/mol. The second kappa shape index (κ2) is 6.47. The molecule has 2 heterocycles. The summed E-state index contributed by atoms with van der Waals surface area (Å²) in [6.07, 6.45) is 1.79. The van der Waals surface area contributed by atoms with Crippen molar-refractivity contribution in [1.82, 2.24) is 4.90 Å². The van der Waals surface area contributed by atoms with Crippen molar-refractivity contribution in [2.75, 3.05) is 0 Å². The van der Waals surface area contributed by atoms with Crippen LogP contribution in [0.3, 0.4) is 0 Å². The minimum Gasteiger partial charge on any atom is -0.462 e. The summed E-state index contributed by atoms with van der Waals surface area (Å²) < 4.78 is 10.4. The van der Waals surface area contributed by atoms with Crippen LogP contribution >= 0.6 is 0 Å². The Balaban J connectivity index is 1.59. The van der Waals surface area contributed by atoms with E-state index in [0.717, 1.165) is 5.56 Å². The van der Waals surface area contributed by atoms with E-state index < -0.39 is 24.0 Å². The molecule has 1 saturated heterocycles. The molecular weight excluding hydrogens is 310 g/mol. The first kappa shape index (κ1) is 16.2. The van der Waals surface area contributed by atoms with Gasteiger partial charge in [-0.05, 0) is 18.9 Å². The molecule has 2 aliphatic heterocycles. The Labute approximate surface area is 140 Å². The van der Waals surface area contributed by atoms with Crippen molar-refractivity contribution in [1.29, 1.82) is 0 Å². The predicted molar refractivity (Wildman–Crippen MR) is 84.3 cm³/mol. The lowest BCUT2D eigenvalue weighted by atomic mass is 9.83. The number of amides is 1. The highest BCUT2D eigenvalue weighted by molar-refractivity contribution is 5.99. The topological polar surface area (TPSA) is 72.9 Å². The van der Waals surface area contributed by atoms with Crippen LogP contribution in [0.25, 0.3) is 0 Å². The maximum atomic E-state index is 12.3. The van der Waals surface area contributed by atoms with Gasteiger partial charge in [-0.2, -0.15) is 0 Å². The number of hydrogen-bond acceptors (Lipinski definition) is 5. The monoisotopic (exact) mass is 329 g/mol. The van der Waals surface area contributed by atoms with E-state index in [1.165, 1.54) is 11.8 Å². The Hall–Kier alpha value is -2.63. The first-order valence-corrected chi connectivity index (χ1v) is 7.90. The fourth-order valence-corrected chi connectivity index (χ4v) is 3.27. The summed E-state index contributed by atoms with van der Waals surface area (Å²) in [6, 6.07) is 9.22. The lowest BCUT2D eigenvalue weighted by Gasteiger charge is -2.45. The van der Waals surface area contributed by atoms with Gasteiger partial charge in [-0.15, -0.1) is 0 Å². The molecular formula is C18H19NO5. The molecule has 1 fully saturated rings. The molecule has 1 amide bonds. The van der Waals surface area contributed by atoms with E-state index in [1.807, 2.05) is 30.3 Å². The van der Waals surface area contributed by atoms with Gasteiger partial charge in [0.1, 0.15) is 18.4 Å². The highest BCUT2D eigenvalue weighted by atomic mass is 16.5. The van der Waals surface area contributed by atoms with Crippen LogP contribution in [0.1, 0.15) is 25.8 Å². The highest BCUT2D eigenvalue weighted by Gasteiger charge is 2.55. The zero-order valence-electron chi connectivity index (χ0n) is 13.6. The Morgan fingerprint density at radius 1 is 1.29 bits per heavy atom. The van der Waals surface area contributed by atoms with Crippen molar-refractivity contribution in [3.05, 3.63) is 47.7 Å². The minimum atomic E-state index is -0.506. The van der Waals surface area contributed by atoms with Gasteiger partial charge >= 0.3 is 11.9 Å². The molecule has 0 N–H and O–H groups in total. The number of nitrogens with zero attached hydrogens (tertiary/aromatic N) is 1. The van der Waals surface area contributed by atoms with E-state index in [1.54, 1.807) is 13.0 Å². The number of β-lactam (4-membered cyclic amide) rings is 1. The number of fused-ring (bicyclic) bond motifs is 1. The third kappa shape index (κ3) is 2.91. The van der Waals surface area contributed by atoms with Crippen LogP contribution in [-0.2, 0) is 30.5 Å². The lowest BCUT2D eigenvalue weighted by Crippen LogP contribution is -2.62. The van der Waals surface area contributed by atoms with E-state index in [4.69, 9.17) is 9.47 Å². The molecule has 0 aromatic heterocycles. The molecule has 2 aliphatic rings. The van der Waals surface area contributed by atoms with Crippen LogP contribution in [0, 0.1) is 5.92 Å². The molecule has 126 valence electrons. The van der Waals surface area contributed by atoms with Crippen LogP contribution in [-0.4, -0.2) is 34.9 Å². The minimum absolute atomic E-state index is 0.133. The van der Waals surface area contributed by atoms with Gasteiger partial charge in [-0.25, -0.2) is 4.79 Å². The van der Waals surface area contributed by atoms with E-state index in [-0.39, 0.29) is 24.3 Å². The van der Waals surface area contributed by atoms with Crippen molar-refractivity contribution in [3.63, 3.8) is 0 Å². The summed E-state index contributed by atoms with van der Waals surface area (Å²) in [5.74, 6) is -1.52. The van der Waals surface area contributed by atoms with Crippen LogP contribution in [0.4, 0.5) is 0 Å². The first-order chi connectivity index (χ1) is 11.5. The van der Waals surface area contributed by atoms with Crippen molar-refractivity contribution in [2.45, 2.75) is 39.0 Å². The SMILES string of the molecule is CC(=O)OC(C)C1C(=O)N2C(C(=O)OCc3ccccc3)=CCC12. The Morgan fingerprint density at radius 2 is 2.00 bits per heavy atom. The molecule has 6 heteroatoms. The number of ether oxygens (including phenoxy) is 2. The van der Waals surface area contributed by atoms with Gasteiger partial charge in [0, 0.05) is 6.92 Å². The van der Waals surface area contributed by atoms with Gasteiger partial charge < -0.3 is 14.4 Å². The summed E-state index contributed by atoms with van der Waals surface area (Å²) in [4.78, 5) is 37.1. The smallest absolute Gasteiger partial charge is 0.355 e. The largest absolute Gasteiger partial charge is 0.462 e. The zero-order valence-corrected chi connectivity index (χ0v) is 13.6. The molecule has 0 spiro atoms. The van der Waals surface area contributed by atoms with Crippen molar-refractivity contribution in [2.24, 2.45) is 5.92 Å². The molecule has 3 atom stereocenters. The Morgan fingerprint density at radius 3 is 2.67 bits per heavy atom. The predicted octanol–water partition coefficient (Wildman–Crippen LogP) is 1.80. The van der Waals surface area contributed by atoms with Crippen LogP contribution in [0.5, 0.6) is 0 Å². The van der Waals surface area contributed by atoms with Crippen molar-refractivity contribution in [3.8, 4) is 0 Å². The third-order valence-electron chi connectivity index (χ3n) is 4.36. The molecule has 24 heavy (non-hydrogen) atoms. The fraction of sp³-hybridized carbons (Fsp3) is 0.389. The molecule has 0 aliphatic carbocycles. The van der Waals surface area contributed by atoms with E-state index >= 15 is 0 Å². The van der Waals surface area contributed by atoms with Crippen molar-refractivity contribution < 1.29 is 23.9 Å². The normalized spacial score (nSPS) is 23.0. The molecule has 3 rings (SSSR count). The first-order valence-electron chi connectivity index (χ1n) is 7.90. The maximum Gasteiger partial charge on any atom is 0.355 e. The number of benzene rings is 1. The average Bonchev–Trinajstić information content (AvgIpc) is 2.92. The maximum absolute atomic E-state index is 12.3. The summed E-state index contributed by atoms with van der Waals surface area (Å²) in [5.41, 5.74) is 1.17. The van der Waals surface area contributed by atoms with Gasteiger partial charge in [-0.3, -0.25) is 9.59 Å². The summed E-state index contributed by atoms with van der Waals surface area (Å²) in [5, 5.41) is 0. The van der Waals surface area contributed by atoms with Gasteiger partial charge in [-0.1, -0.05) is 36.4 Å². The van der Waals surface area contributed by atoms with E-state index in [9.17, 15) is 14.4 Å². The standard InChI is InChI=1S/C18H19NO5/c1-11(24-12(2)20)16-14-8-9-15(19(14)17(16)21)18(22)23-10-13-6-4-3-5-7-13/h3-7,9,11,14,16H,8,10H2,1-2H3. The van der Waals surface area contributed by atoms with Gasteiger partial charge in [0.15, 0.2) is 0 Å². The number of rotatable bonds is 5. The fourth-order valence-electron chi connectivity index (χ4n) is 3.27. The molecule has 0 bridgehead atoms. The molecule has 3 unspecified atom stereocenters. The molecule has 1 aromatic carbocycles. The van der Waals surface area contributed by atoms with Gasteiger partial charge in [0.2, 0.25) is 5.91 Å². The molecule has 0 radical (unpaired) electrons. The molecule has 6 nitrogen and oxygen atoms in total. The second-order valence-corrected chi connectivity index (χ2v) is 6.00. The summed E-state index contributed by atoms with van der Waals surface area (Å²) in [6.45, 7) is 3.18. The van der Waals surface area contributed by atoms with Crippen molar-refractivity contribution >= 4 is 17.8 Å². The summed E-state index contributed by atoms with van der Waals surface area (Å²) >= 11 is 0. The van der Waals surface area contributed by atoms with Gasteiger partial charge in [0.05, 0.1) is 12.0 Å². The summed E-state index contributed by atoms with van der Waals surface area (Å²) in [7, 11) is 0. The Kier molecular flexibility index (Phi) is 4.38. The number of carbonyl (C=O) groups is 3. The quantitative estimate of drug-likeness (QED) is 0.608. The number of esters is 2. The van der Waals surface area contributed by atoms with E-state index in [2.05, 4.69) is 0 Å². The second-order valence-electron chi connectivity index (χ2n) is 6.00. The van der Waals surface area contributed by atoms with Crippen LogP contribution in [0.15, 0.2) is 42.1 Å². The van der Waals surface area contributed by atoms with Gasteiger partial charge in [0.25, 0.3) is 0 Å².